The lowest BCUT2D eigenvalue weighted by Crippen LogP contribution is -2.49. The highest BCUT2D eigenvalue weighted by atomic mass is 15.2. The van der Waals surface area contributed by atoms with Crippen LogP contribution >= 0.6 is 0 Å². The second-order valence-electron chi connectivity index (χ2n) is 24.0. The third-order valence-corrected chi connectivity index (χ3v) is 20.1. The molecular weight excluding hydrogens is 993 g/mol. The van der Waals surface area contributed by atoms with Crippen molar-refractivity contribution >= 4 is 65.2 Å². The number of benzene rings is 10. The molecule has 0 spiro atoms. The van der Waals surface area contributed by atoms with Gasteiger partial charge in [-0.25, -0.2) is 0 Å². The molecule has 3 aliphatic rings. The van der Waals surface area contributed by atoms with Crippen LogP contribution in [-0.4, -0.2) is 9.13 Å². The number of aromatic nitrogens is 4. The van der Waals surface area contributed by atoms with Crippen molar-refractivity contribution < 1.29 is 9.13 Å². The fourth-order valence-corrected chi connectivity index (χ4v) is 16.4. The maximum absolute atomic E-state index is 2.74. The van der Waals surface area contributed by atoms with Gasteiger partial charge in [-0.05, 0) is 142 Å². The minimum absolute atomic E-state index is 0.00219. The summed E-state index contributed by atoms with van der Waals surface area (Å²) in [5.41, 5.74) is 21.5. The van der Waals surface area contributed by atoms with Gasteiger partial charge in [-0.1, -0.05) is 179 Å². The van der Waals surface area contributed by atoms with Crippen LogP contribution in [0.2, 0.25) is 0 Å². The Balaban J connectivity index is 0.855. The van der Waals surface area contributed by atoms with Crippen molar-refractivity contribution in [1.82, 2.24) is 9.13 Å². The van der Waals surface area contributed by atoms with E-state index in [9.17, 15) is 0 Å². The minimum atomic E-state index is -0.147. The van der Waals surface area contributed by atoms with Crippen molar-refractivity contribution in [2.75, 3.05) is 0 Å². The molecule has 0 radical (unpaired) electrons. The summed E-state index contributed by atoms with van der Waals surface area (Å²) in [5, 5.41) is 10.4. The van der Waals surface area contributed by atoms with Gasteiger partial charge in [0.2, 0.25) is 11.4 Å². The molecule has 82 heavy (non-hydrogen) atoms. The third-order valence-electron chi connectivity index (χ3n) is 20.1. The second-order valence-corrected chi connectivity index (χ2v) is 24.0. The molecule has 1 saturated carbocycles. The number of aryl methyl sites for hydroxylation is 1. The van der Waals surface area contributed by atoms with E-state index in [0.717, 1.165) is 30.8 Å². The molecule has 4 nitrogen and oxygen atoms in total. The van der Waals surface area contributed by atoms with E-state index in [1.807, 2.05) is 0 Å². The van der Waals surface area contributed by atoms with Crippen molar-refractivity contribution in [2.24, 2.45) is 5.41 Å². The van der Waals surface area contributed by atoms with Crippen LogP contribution in [0.5, 0.6) is 0 Å². The Bertz CT molecular complexity index is 4760. The Morgan fingerprint density at radius 2 is 1.02 bits per heavy atom. The van der Waals surface area contributed by atoms with Gasteiger partial charge in [0.05, 0.1) is 55.3 Å². The standard InChI is InChI=1S/C78H62N4/c1-4-6-21-50-23-20-32-65-58(50)41-43-80-75(65)66-31-9-14-33-68(66)78(76(80)77(78,3)5-2)69-49-79-42-40-51-22-7-8-26-59(51)74(79)67-47-54(38-39-60(67)69)52-24-19-25-53(44-52)55-45-56(81-70-34-15-10-27-61(70)62-28-11-16-35-71(62)81)48-57(46-55)82-72-36-17-12-29-63(72)64-30-13-18-37-73(64)82/h7-20,22-48,69,76H,4-6,21,49H2,1-3H3/q+2. The molecule has 1 aliphatic carbocycles. The zero-order valence-electron chi connectivity index (χ0n) is 46.7. The van der Waals surface area contributed by atoms with Crippen molar-refractivity contribution in [1.29, 1.82) is 0 Å². The number of para-hydroxylation sites is 4. The Morgan fingerprint density at radius 1 is 0.451 bits per heavy atom. The first-order chi connectivity index (χ1) is 40.5. The van der Waals surface area contributed by atoms with Crippen molar-refractivity contribution in [2.45, 2.75) is 70.4 Å². The van der Waals surface area contributed by atoms with E-state index < -0.39 is 0 Å². The quantitative estimate of drug-likeness (QED) is 0.128. The maximum Gasteiger partial charge on any atom is 0.220 e. The van der Waals surface area contributed by atoms with E-state index in [0.29, 0.717) is 6.04 Å². The number of rotatable bonds is 9. The second kappa shape index (κ2) is 17.8. The highest BCUT2D eigenvalue weighted by molar-refractivity contribution is 6.11. The lowest BCUT2D eigenvalue weighted by atomic mass is 9.67. The van der Waals surface area contributed by atoms with Gasteiger partial charge in [-0.2, -0.15) is 9.13 Å². The van der Waals surface area contributed by atoms with E-state index in [-0.39, 0.29) is 16.7 Å². The van der Waals surface area contributed by atoms with E-state index >= 15 is 0 Å². The molecule has 4 aromatic heterocycles. The summed E-state index contributed by atoms with van der Waals surface area (Å²) in [6, 6.07) is 90.2. The third kappa shape index (κ3) is 6.49. The van der Waals surface area contributed by atoms with Gasteiger partial charge in [-0.3, -0.25) is 0 Å². The topological polar surface area (TPSA) is 17.6 Å². The number of hydrogen-bond donors (Lipinski definition) is 0. The lowest BCUT2D eigenvalue weighted by molar-refractivity contribution is -0.705. The summed E-state index contributed by atoms with van der Waals surface area (Å²) < 4.78 is 10.3. The van der Waals surface area contributed by atoms with Crippen LogP contribution in [0.1, 0.15) is 68.7 Å². The smallest absolute Gasteiger partial charge is 0.220 e. The molecule has 0 saturated heterocycles. The number of fused-ring (bicyclic) bond motifs is 19. The molecule has 4 unspecified atom stereocenters. The van der Waals surface area contributed by atoms with Gasteiger partial charge in [0.1, 0.15) is 0 Å². The average Bonchev–Trinajstić information content (AvgIpc) is 1.49. The Hall–Kier alpha value is -9.38. The molecule has 1 fully saturated rings. The molecule has 0 N–H and O–H groups in total. The summed E-state index contributed by atoms with van der Waals surface area (Å²) >= 11 is 0. The monoisotopic (exact) mass is 1050 g/mol. The Kier molecular flexibility index (Phi) is 10.3. The number of hydrogen-bond acceptors (Lipinski definition) is 0. The van der Waals surface area contributed by atoms with Crippen LogP contribution in [0, 0.1) is 5.41 Å². The summed E-state index contributed by atoms with van der Waals surface area (Å²) in [5.74, 6) is 0.215. The first-order valence-corrected chi connectivity index (χ1v) is 29.8. The van der Waals surface area contributed by atoms with Crippen LogP contribution in [0.25, 0.3) is 121 Å². The van der Waals surface area contributed by atoms with Crippen LogP contribution < -0.4 is 9.13 Å². The molecular formula is C78H62N4+2. The van der Waals surface area contributed by atoms with Crippen molar-refractivity contribution in [3.63, 3.8) is 0 Å². The van der Waals surface area contributed by atoms with Gasteiger partial charge < -0.3 is 9.13 Å². The van der Waals surface area contributed by atoms with E-state index in [4.69, 9.17) is 0 Å². The molecule has 0 bridgehead atoms. The van der Waals surface area contributed by atoms with Gasteiger partial charge >= 0.3 is 0 Å². The first-order valence-electron chi connectivity index (χ1n) is 29.8. The van der Waals surface area contributed by atoms with E-state index in [1.165, 1.54) is 139 Å². The zero-order valence-corrected chi connectivity index (χ0v) is 46.7. The number of pyridine rings is 2. The Labute approximate surface area is 478 Å². The Morgan fingerprint density at radius 3 is 1.68 bits per heavy atom. The molecule has 2 aliphatic heterocycles. The summed E-state index contributed by atoms with van der Waals surface area (Å²) in [7, 11) is 0. The summed E-state index contributed by atoms with van der Waals surface area (Å²) in [6.45, 7) is 8.27. The zero-order chi connectivity index (χ0) is 54.4. The lowest BCUT2D eigenvalue weighted by Gasteiger charge is -2.35. The van der Waals surface area contributed by atoms with Crippen molar-refractivity contribution in [3.8, 4) is 56.1 Å². The molecule has 4 heteroatoms. The van der Waals surface area contributed by atoms with Crippen LogP contribution in [0.3, 0.4) is 0 Å². The summed E-state index contributed by atoms with van der Waals surface area (Å²) in [4.78, 5) is 0. The van der Waals surface area contributed by atoms with Gasteiger partial charge in [0.25, 0.3) is 0 Å². The van der Waals surface area contributed by atoms with Gasteiger partial charge in [0.15, 0.2) is 25.0 Å². The highest BCUT2D eigenvalue weighted by Gasteiger charge is 2.85. The fourth-order valence-electron chi connectivity index (χ4n) is 16.4. The van der Waals surface area contributed by atoms with Crippen LogP contribution in [-0.2, 0) is 18.4 Å². The largest absolute Gasteiger partial charge is 0.309 e. The molecule has 6 heterocycles. The van der Waals surface area contributed by atoms with E-state index in [2.05, 4.69) is 288 Å². The van der Waals surface area contributed by atoms with Gasteiger partial charge in [0, 0.05) is 50.5 Å². The summed E-state index contributed by atoms with van der Waals surface area (Å²) in [6.07, 6.45) is 9.44. The van der Waals surface area contributed by atoms with Gasteiger partial charge in [-0.15, -0.1) is 0 Å². The average molecular weight is 1060 g/mol. The van der Waals surface area contributed by atoms with Crippen molar-refractivity contribution in [3.05, 3.63) is 266 Å². The maximum atomic E-state index is 2.74. The molecule has 4 atom stereocenters. The minimum Gasteiger partial charge on any atom is -0.309 e. The molecule has 17 rings (SSSR count). The molecule has 392 valence electrons. The molecule has 14 aromatic rings. The highest BCUT2D eigenvalue weighted by Crippen LogP contribution is 2.80. The predicted molar refractivity (Wildman–Crippen MR) is 339 cm³/mol. The SMILES string of the molecule is CCCCc1cccc2c3[n+](ccc12)C1C(C)(CC)C1(C1C[n+]2ccc4ccccc4c2-c2cc(-c4cccc(-c5cc(-n6c7ccccc7c7ccccc76)cc(-n6c7ccccc7c7ccccc76)c5)c4)ccc21)c1ccccc1-3. The first kappa shape index (κ1) is 47.4. The number of nitrogens with zero attached hydrogens (tertiary/aromatic N) is 4. The fraction of sp³-hybridized carbons (Fsp3) is 0.154. The molecule has 0 amide bonds. The van der Waals surface area contributed by atoms with E-state index in [1.54, 1.807) is 0 Å². The predicted octanol–water partition coefficient (Wildman–Crippen LogP) is 18.8. The van der Waals surface area contributed by atoms with Crippen LogP contribution in [0.4, 0.5) is 0 Å². The molecule has 10 aromatic carbocycles. The van der Waals surface area contributed by atoms with Crippen LogP contribution in [0.15, 0.2) is 249 Å². The number of unbranched alkanes of at least 4 members (excludes halogenated alkanes) is 1. The normalized spacial score (nSPS) is 18.7.